The molecular weight excluding hydrogens is 382 g/mol. The van der Waals surface area contributed by atoms with E-state index in [1.165, 1.54) is 0 Å². The third-order valence-corrected chi connectivity index (χ3v) is 6.97. The van der Waals surface area contributed by atoms with E-state index in [0.29, 0.717) is 11.1 Å². The molecule has 0 spiro atoms. The molecule has 2 aliphatic heterocycles. The van der Waals surface area contributed by atoms with Crippen molar-refractivity contribution in [3.63, 3.8) is 0 Å². The molecule has 0 aliphatic carbocycles. The van der Waals surface area contributed by atoms with Gasteiger partial charge in [-0.25, -0.2) is 4.98 Å². The van der Waals surface area contributed by atoms with Gasteiger partial charge in [-0.2, -0.15) is 11.8 Å². The van der Waals surface area contributed by atoms with Crippen LogP contribution in [0.2, 0.25) is 5.02 Å². The molecule has 0 amide bonds. The third-order valence-electron chi connectivity index (χ3n) is 5.22. The normalized spacial score (nSPS) is 22.7. The molecule has 2 fully saturated rings. The highest BCUT2D eigenvalue weighted by atomic mass is 35.5. The molecule has 1 unspecified atom stereocenters. The van der Waals surface area contributed by atoms with E-state index in [4.69, 9.17) is 16.3 Å². The average molecular weight is 412 g/mol. The lowest BCUT2D eigenvalue weighted by Crippen LogP contribution is -2.50. The quantitative estimate of drug-likeness (QED) is 0.554. The number of rotatable bonds is 6. The molecule has 2 aliphatic rings. The minimum atomic E-state index is 0.244. The third kappa shape index (κ3) is 5.42. The number of nitrogens with one attached hydrogen (secondary N) is 2. The summed E-state index contributed by atoms with van der Waals surface area (Å²) in [5, 5.41) is 7.84. The molecule has 3 heterocycles. The van der Waals surface area contributed by atoms with Gasteiger partial charge >= 0.3 is 0 Å². The Kier molecular flexibility index (Phi) is 7.49. The second-order valence-electron chi connectivity index (χ2n) is 7.04. The number of thioether (sulfide) groups is 1. The fraction of sp³-hybridized carbons (Fsp3) is 0.684. The second-order valence-corrected chi connectivity index (χ2v) is 9.18. The van der Waals surface area contributed by atoms with E-state index in [2.05, 4.69) is 32.4 Å². The smallest absolute Gasteiger partial charge is 0.191 e. The monoisotopic (exact) mass is 411 g/mol. The molecule has 1 atom stereocenters. The van der Waals surface area contributed by atoms with Gasteiger partial charge in [0.05, 0.1) is 5.02 Å². The van der Waals surface area contributed by atoms with E-state index in [1.807, 2.05) is 30.9 Å². The van der Waals surface area contributed by atoms with Crippen molar-refractivity contribution >= 4 is 35.1 Å². The van der Waals surface area contributed by atoms with Gasteiger partial charge in [-0.3, -0.25) is 4.99 Å². The zero-order chi connectivity index (χ0) is 19.1. The highest BCUT2D eigenvalue weighted by molar-refractivity contribution is 8.00. The van der Waals surface area contributed by atoms with Gasteiger partial charge in [0, 0.05) is 56.9 Å². The predicted molar refractivity (Wildman–Crippen MR) is 115 cm³/mol. The van der Waals surface area contributed by atoms with Crippen LogP contribution in [0.25, 0.3) is 0 Å². The summed E-state index contributed by atoms with van der Waals surface area (Å²) in [5.74, 6) is 2.86. The molecule has 0 aromatic carbocycles. The van der Waals surface area contributed by atoms with Crippen molar-refractivity contribution in [1.29, 1.82) is 0 Å². The van der Waals surface area contributed by atoms with Gasteiger partial charge < -0.3 is 20.3 Å². The summed E-state index contributed by atoms with van der Waals surface area (Å²) in [4.78, 5) is 11.1. The molecule has 2 saturated heterocycles. The van der Waals surface area contributed by atoms with Crippen LogP contribution in [-0.4, -0.2) is 67.4 Å². The fourth-order valence-electron chi connectivity index (χ4n) is 3.74. The molecule has 1 aromatic heterocycles. The first-order valence-corrected chi connectivity index (χ1v) is 11.1. The molecule has 1 aromatic rings. The molecule has 150 valence electrons. The molecule has 8 heteroatoms. The van der Waals surface area contributed by atoms with Crippen molar-refractivity contribution in [2.75, 3.05) is 50.5 Å². The number of ether oxygens (including phenoxy) is 1. The largest absolute Gasteiger partial charge is 0.381 e. The molecule has 0 radical (unpaired) electrons. The maximum absolute atomic E-state index is 6.29. The fourth-order valence-corrected chi connectivity index (χ4v) is 5.22. The van der Waals surface area contributed by atoms with Crippen LogP contribution in [0.1, 0.15) is 26.2 Å². The summed E-state index contributed by atoms with van der Waals surface area (Å²) in [6, 6.07) is 4.09. The minimum Gasteiger partial charge on any atom is -0.381 e. The summed E-state index contributed by atoms with van der Waals surface area (Å²) in [7, 11) is 1.83. The number of halogens is 1. The minimum absolute atomic E-state index is 0.244. The lowest BCUT2D eigenvalue weighted by atomic mass is 9.99. The lowest BCUT2D eigenvalue weighted by molar-refractivity contribution is 0.0782. The summed E-state index contributed by atoms with van der Waals surface area (Å²) < 4.78 is 5.81. The SMILES string of the molecule is CCSC1(CNC(=NC)NC2CCN(c3ncccc3Cl)C2)CCOCC1. The standard InChI is InChI=1S/C19H30ClN5OS/c1-3-27-19(7-11-26-12-8-19)14-23-18(21-2)24-15-6-10-25(13-15)17-16(20)5-4-9-22-17/h4-5,9,15H,3,6-8,10-14H2,1-2H3,(H2,21,23,24). The number of guanidine groups is 1. The summed E-state index contributed by atoms with van der Waals surface area (Å²) in [6.07, 6.45) is 5.01. The van der Waals surface area contributed by atoms with Crippen LogP contribution in [0.15, 0.2) is 23.3 Å². The Morgan fingerprint density at radius 3 is 3.00 bits per heavy atom. The summed E-state index contributed by atoms with van der Waals surface area (Å²) in [6.45, 7) is 6.66. The Labute approximate surface area is 171 Å². The number of pyridine rings is 1. The van der Waals surface area contributed by atoms with E-state index in [-0.39, 0.29) is 4.75 Å². The first kappa shape index (κ1) is 20.6. The number of aromatic nitrogens is 1. The Hall–Kier alpha value is -1.18. The zero-order valence-corrected chi connectivity index (χ0v) is 17.8. The van der Waals surface area contributed by atoms with Gasteiger partial charge in [-0.1, -0.05) is 18.5 Å². The molecule has 0 bridgehead atoms. The number of hydrogen-bond acceptors (Lipinski definition) is 5. The Balaban J connectivity index is 1.52. The molecular formula is C19H30ClN5OS. The maximum Gasteiger partial charge on any atom is 0.191 e. The van der Waals surface area contributed by atoms with Crippen molar-refractivity contribution in [3.05, 3.63) is 23.4 Å². The van der Waals surface area contributed by atoms with Crippen LogP contribution < -0.4 is 15.5 Å². The predicted octanol–water partition coefficient (Wildman–Crippen LogP) is 2.78. The number of aliphatic imine (C=N–C) groups is 1. The van der Waals surface area contributed by atoms with Crippen LogP contribution >= 0.6 is 23.4 Å². The van der Waals surface area contributed by atoms with Crippen molar-refractivity contribution in [2.45, 2.75) is 37.0 Å². The van der Waals surface area contributed by atoms with Gasteiger partial charge in [-0.05, 0) is 37.1 Å². The lowest BCUT2D eigenvalue weighted by Gasteiger charge is -2.37. The van der Waals surface area contributed by atoms with E-state index >= 15 is 0 Å². The van der Waals surface area contributed by atoms with E-state index in [9.17, 15) is 0 Å². The van der Waals surface area contributed by atoms with Crippen molar-refractivity contribution in [2.24, 2.45) is 4.99 Å². The van der Waals surface area contributed by atoms with Crippen molar-refractivity contribution < 1.29 is 4.74 Å². The number of nitrogens with zero attached hydrogens (tertiary/aromatic N) is 3. The van der Waals surface area contributed by atoms with Gasteiger partial charge in [0.1, 0.15) is 5.82 Å². The zero-order valence-electron chi connectivity index (χ0n) is 16.2. The molecule has 6 nitrogen and oxygen atoms in total. The van der Waals surface area contributed by atoms with Crippen molar-refractivity contribution in [3.8, 4) is 0 Å². The Morgan fingerprint density at radius 1 is 1.48 bits per heavy atom. The molecule has 0 saturated carbocycles. The first-order chi connectivity index (χ1) is 13.2. The van der Waals surface area contributed by atoms with Crippen LogP contribution in [0.3, 0.4) is 0 Å². The Morgan fingerprint density at radius 2 is 2.30 bits per heavy atom. The van der Waals surface area contributed by atoms with Crippen LogP contribution in [0, 0.1) is 0 Å². The summed E-state index contributed by atoms with van der Waals surface area (Å²) >= 11 is 8.33. The molecule has 27 heavy (non-hydrogen) atoms. The van der Waals surface area contributed by atoms with E-state index < -0.39 is 0 Å². The van der Waals surface area contributed by atoms with Gasteiger partial charge in [0.15, 0.2) is 5.96 Å². The molecule has 3 rings (SSSR count). The van der Waals surface area contributed by atoms with Gasteiger partial charge in [0.25, 0.3) is 0 Å². The van der Waals surface area contributed by atoms with Crippen molar-refractivity contribution in [1.82, 2.24) is 15.6 Å². The molecule has 2 N–H and O–H groups in total. The Bertz CT molecular complexity index is 633. The second kappa shape index (κ2) is 9.85. The number of anilines is 1. The topological polar surface area (TPSA) is 61.8 Å². The van der Waals surface area contributed by atoms with Crippen LogP contribution in [0.5, 0.6) is 0 Å². The van der Waals surface area contributed by atoms with E-state index in [1.54, 1.807) is 6.20 Å². The number of hydrogen-bond donors (Lipinski definition) is 2. The van der Waals surface area contributed by atoms with Crippen LogP contribution in [-0.2, 0) is 4.74 Å². The van der Waals surface area contributed by atoms with Crippen LogP contribution in [0.4, 0.5) is 5.82 Å². The van der Waals surface area contributed by atoms with Gasteiger partial charge in [-0.15, -0.1) is 0 Å². The summed E-state index contributed by atoms with van der Waals surface area (Å²) in [5.41, 5.74) is 0. The van der Waals surface area contributed by atoms with Gasteiger partial charge in [0.2, 0.25) is 0 Å². The highest BCUT2D eigenvalue weighted by Gasteiger charge is 2.33. The highest BCUT2D eigenvalue weighted by Crippen LogP contribution is 2.34. The average Bonchev–Trinajstić information content (AvgIpc) is 3.15. The first-order valence-electron chi connectivity index (χ1n) is 9.70. The maximum atomic E-state index is 6.29. The van der Waals surface area contributed by atoms with E-state index in [0.717, 1.165) is 69.6 Å².